The number of anilines is 1. The van der Waals surface area contributed by atoms with Crippen molar-refractivity contribution < 1.29 is 14.3 Å². The summed E-state index contributed by atoms with van der Waals surface area (Å²) in [5.74, 6) is 0.832. The number of aromatic nitrogens is 4. The number of carbonyl (C=O) groups excluding carboxylic acids is 2. The maximum Gasteiger partial charge on any atom is 0.328 e. The fourth-order valence-corrected chi connectivity index (χ4v) is 3.87. The Kier molecular flexibility index (Phi) is 6.94. The lowest BCUT2D eigenvalue weighted by Gasteiger charge is -2.17. The zero-order chi connectivity index (χ0) is 22.3. The molecule has 4 rings (SSSR count). The van der Waals surface area contributed by atoms with E-state index in [1.165, 1.54) is 12.8 Å². The maximum absolute atomic E-state index is 12.7. The van der Waals surface area contributed by atoms with Crippen molar-refractivity contribution in [2.75, 3.05) is 24.6 Å². The molecule has 2 aromatic heterocycles. The monoisotopic (exact) mass is 436 g/mol. The SMILES string of the molecule is CCOC(=O)[C@H](Cc1ccccc1)NC(=O)CCc1nnc2ccc(N3CCCC3)nn12. The Hall–Kier alpha value is -3.49. The Morgan fingerprint density at radius 3 is 2.62 bits per heavy atom. The third-order valence-corrected chi connectivity index (χ3v) is 5.51. The average molecular weight is 437 g/mol. The molecular formula is C23H28N6O3. The first-order chi connectivity index (χ1) is 15.6. The molecule has 0 aliphatic carbocycles. The molecule has 0 saturated carbocycles. The summed E-state index contributed by atoms with van der Waals surface area (Å²) in [6.45, 7) is 4.00. The van der Waals surface area contributed by atoms with Crippen molar-refractivity contribution in [1.29, 1.82) is 0 Å². The van der Waals surface area contributed by atoms with Gasteiger partial charge in [-0.3, -0.25) is 4.79 Å². The molecule has 1 amide bonds. The average Bonchev–Trinajstić information content (AvgIpc) is 3.48. The largest absolute Gasteiger partial charge is 0.464 e. The molecule has 1 aromatic carbocycles. The summed E-state index contributed by atoms with van der Waals surface area (Å²) < 4.78 is 6.85. The highest BCUT2D eigenvalue weighted by Crippen LogP contribution is 2.18. The highest BCUT2D eigenvalue weighted by molar-refractivity contribution is 5.84. The minimum Gasteiger partial charge on any atom is -0.464 e. The highest BCUT2D eigenvalue weighted by Gasteiger charge is 2.23. The molecule has 3 aromatic rings. The third-order valence-electron chi connectivity index (χ3n) is 5.51. The molecule has 1 aliphatic heterocycles. The van der Waals surface area contributed by atoms with E-state index in [9.17, 15) is 9.59 Å². The lowest BCUT2D eigenvalue weighted by molar-refractivity contribution is -0.147. The second-order valence-electron chi connectivity index (χ2n) is 7.83. The molecular weight excluding hydrogens is 408 g/mol. The zero-order valence-corrected chi connectivity index (χ0v) is 18.2. The summed E-state index contributed by atoms with van der Waals surface area (Å²) in [6.07, 6.45) is 3.24. The van der Waals surface area contributed by atoms with Crippen molar-refractivity contribution in [3.63, 3.8) is 0 Å². The number of ether oxygens (including phenoxy) is 1. The summed E-state index contributed by atoms with van der Waals surface area (Å²) >= 11 is 0. The third kappa shape index (κ3) is 5.22. The van der Waals surface area contributed by atoms with Crippen LogP contribution in [0.15, 0.2) is 42.5 Å². The Morgan fingerprint density at radius 1 is 1.09 bits per heavy atom. The fraction of sp³-hybridized carbons (Fsp3) is 0.435. The van der Waals surface area contributed by atoms with Crippen LogP contribution in [0, 0.1) is 0 Å². The van der Waals surface area contributed by atoms with Gasteiger partial charge in [-0.05, 0) is 37.5 Å². The van der Waals surface area contributed by atoms with E-state index in [1.807, 2.05) is 42.5 Å². The summed E-state index contributed by atoms with van der Waals surface area (Å²) in [5, 5.41) is 15.9. The number of rotatable bonds is 9. The second-order valence-corrected chi connectivity index (χ2v) is 7.83. The van der Waals surface area contributed by atoms with Gasteiger partial charge in [0.2, 0.25) is 5.91 Å². The molecule has 9 nitrogen and oxygen atoms in total. The Balaban J connectivity index is 1.40. The lowest BCUT2D eigenvalue weighted by atomic mass is 10.1. The van der Waals surface area contributed by atoms with E-state index in [0.29, 0.717) is 24.3 Å². The van der Waals surface area contributed by atoms with Gasteiger partial charge in [-0.1, -0.05) is 30.3 Å². The van der Waals surface area contributed by atoms with Crippen LogP contribution in [0.1, 0.15) is 37.6 Å². The van der Waals surface area contributed by atoms with Crippen LogP contribution in [-0.2, 0) is 27.2 Å². The molecule has 3 heterocycles. The van der Waals surface area contributed by atoms with Crippen molar-refractivity contribution in [2.24, 2.45) is 0 Å². The Labute approximate surface area is 186 Å². The number of carbonyl (C=O) groups is 2. The Bertz CT molecular complexity index is 1060. The van der Waals surface area contributed by atoms with Crippen LogP contribution in [0.5, 0.6) is 0 Å². The van der Waals surface area contributed by atoms with Crippen molar-refractivity contribution in [2.45, 2.75) is 45.1 Å². The van der Waals surface area contributed by atoms with E-state index in [4.69, 9.17) is 4.74 Å². The van der Waals surface area contributed by atoms with Crippen LogP contribution in [0.3, 0.4) is 0 Å². The molecule has 9 heteroatoms. The van der Waals surface area contributed by atoms with Gasteiger partial charge in [0, 0.05) is 32.4 Å². The van der Waals surface area contributed by atoms with Crippen LogP contribution >= 0.6 is 0 Å². The molecule has 0 radical (unpaired) electrons. The van der Waals surface area contributed by atoms with Crippen molar-refractivity contribution in [3.8, 4) is 0 Å². The number of aryl methyl sites for hydroxylation is 1. The summed E-state index contributed by atoms with van der Waals surface area (Å²) in [7, 11) is 0. The van der Waals surface area contributed by atoms with Gasteiger partial charge in [-0.15, -0.1) is 15.3 Å². The number of nitrogens with one attached hydrogen (secondary N) is 1. The van der Waals surface area contributed by atoms with Crippen molar-refractivity contribution in [3.05, 3.63) is 53.9 Å². The number of hydrogen-bond donors (Lipinski definition) is 1. The van der Waals surface area contributed by atoms with Crippen LogP contribution in [0.4, 0.5) is 5.82 Å². The Morgan fingerprint density at radius 2 is 1.88 bits per heavy atom. The standard InChI is InChI=1S/C23H28N6O3/c1-2-32-23(31)18(16-17-8-4-3-5-9-17)24-22(30)13-12-20-26-25-19-10-11-21(27-29(19)20)28-14-6-7-15-28/h3-5,8-11,18H,2,6-7,12-16H2,1H3,(H,24,30)/t18-/m0/s1. The quantitative estimate of drug-likeness (QED) is 0.512. The number of nitrogens with zero attached hydrogens (tertiary/aromatic N) is 5. The van der Waals surface area contributed by atoms with Crippen LogP contribution in [-0.4, -0.2) is 57.4 Å². The molecule has 0 unspecified atom stereocenters. The number of fused-ring (bicyclic) bond motifs is 1. The molecule has 1 N–H and O–H groups in total. The normalized spacial score (nSPS) is 14.5. The summed E-state index contributed by atoms with van der Waals surface area (Å²) in [6, 6.07) is 12.7. The highest BCUT2D eigenvalue weighted by atomic mass is 16.5. The van der Waals surface area contributed by atoms with Gasteiger partial charge < -0.3 is 15.0 Å². The number of amides is 1. The van der Waals surface area contributed by atoms with Gasteiger partial charge in [0.1, 0.15) is 11.9 Å². The molecule has 1 saturated heterocycles. The predicted octanol–water partition coefficient (Wildman–Crippen LogP) is 1.95. The van der Waals surface area contributed by atoms with Gasteiger partial charge >= 0.3 is 5.97 Å². The van der Waals surface area contributed by atoms with Gasteiger partial charge in [0.05, 0.1) is 6.61 Å². The van der Waals surface area contributed by atoms with E-state index >= 15 is 0 Å². The first kappa shape index (κ1) is 21.7. The molecule has 1 atom stereocenters. The number of benzene rings is 1. The van der Waals surface area contributed by atoms with E-state index in [-0.39, 0.29) is 18.9 Å². The van der Waals surface area contributed by atoms with E-state index in [1.54, 1.807) is 11.4 Å². The first-order valence-electron chi connectivity index (χ1n) is 11.1. The zero-order valence-electron chi connectivity index (χ0n) is 18.2. The van der Waals surface area contributed by atoms with Crippen molar-refractivity contribution in [1.82, 2.24) is 25.1 Å². The van der Waals surface area contributed by atoms with E-state index in [0.717, 1.165) is 24.5 Å². The first-order valence-corrected chi connectivity index (χ1v) is 11.1. The minimum absolute atomic E-state index is 0.168. The van der Waals surface area contributed by atoms with Crippen LogP contribution in [0.25, 0.3) is 5.65 Å². The summed E-state index contributed by atoms with van der Waals surface area (Å²) in [4.78, 5) is 27.3. The second kappa shape index (κ2) is 10.2. The van der Waals surface area contributed by atoms with Crippen LogP contribution in [0.2, 0.25) is 0 Å². The van der Waals surface area contributed by atoms with Gasteiger partial charge in [-0.2, -0.15) is 4.52 Å². The van der Waals surface area contributed by atoms with Gasteiger partial charge in [0.25, 0.3) is 0 Å². The topological polar surface area (TPSA) is 102 Å². The van der Waals surface area contributed by atoms with E-state index in [2.05, 4.69) is 25.5 Å². The lowest BCUT2D eigenvalue weighted by Crippen LogP contribution is -2.43. The molecule has 32 heavy (non-hydrogen) atoms. The molecule has 0 spiro atoms. The van der Waals surface area contributed by atoms with Crippen molar-refractivity contribution >= 4 is 23.3 Å². The van der Waals surface area contributed by atoms with E-state index < -0.39 is 12.0 Å². The number of hydrogen-bond acceptors (Lipinski definition) is 7. The molecule has 168 valence electrons. The molecule has 1 aliphatic rings. The minimum atomic E-state index is -0.736. The van der Waals surface area contributed by atoms with Gasteiger partial charge in [-0.25, -0.2) is 4.79 Å². The van der Waals surface area contributed by atoms with Crippen LogP contribution < -0.4 is 10.2 Å². The maximum atomic E-state index is 12.7. The summed E-state index contributed by atoms with van der Waals surface area (Å²) in [5.41, 5.74) is 1.60. The van der Waals surface area contributed by atoms with Gasteiger partial charge in [0.15, 0.2) is 11.5 Å². The number of esters is 1. The smallest absolute Gasteiger partial charge is 0.328 e. The fourth-order valence-electron chi connectivity index (χ4n) is 3.87. The molecule has 1 fully saturated rings. The predicted molar refractivity (Wildman–Crippen MR) is 119 cm³/mol. The molecule has 0 bridgehead atoms.